The Labute approximate surface area is 91.6 Å². The molecular weight excluding hydrogens is 216 g/mol. The normalized spacial score (nSPS) is 9.67. The molecule has 1 rings (SSSR count). The van der Waals surface area contributed by atoms with Gasteiger partial charge in [-0.2, -0.15) is 11.8 Å². The molecule has 5 nitrogen and oxygen atoms in total. The van der Waals surface area contributed by atoms with Crippen LogP contribution < -0.4 is 10.6 Å². The maximum Gasteiger partial charge on any atom is 0.321 e. The third kappa shape index (κ3) is 4.55. The Morgan fingerprint density at radius 1 is 1.53 bits per heavy atom. The predicted molar refractivity (Wildman–Crippen MR) is 57.5 cm³/mol. The van der Waals surface area contributed by atoms with E-state index >= 15 is 0 Å². The van der Waals surface area contributed by atoms with Gasteiger partial charge in [0.1, 0.15) is 5.76 Å². The van der Waals surface area contributed by atoms with Gasteiger partial charge >= 0.3 is 6.03 Å². The molecule has 0 aliphatic carbocycles. The molecular formula is C9H12N2O3S. The van der Waals surface area contributed by atoms with Crippen molar-refractivity contribution in [2.45, 2.75) is 6.54 Å². The highest BCUT2D eigenvalue weighted by atomic mass is 32.2. The van der Waals surface area contributed by atoms with Crippen molar-refractivity contribution in [1.82, 2.24) is 10.6 Å². The van der Waals surface area contributed by atoms with Crippen molar-refractivity contribution in [3.63, 3.8) is 0 Å². The minimum Gasteiger partial charge on any atom is -0.467 e. The lowest BCUT2D eigenvalue weighted by Gasteiger charge is -2.03. The number of carbonyl (C=O) groups is 2. The van der Waals surface area contributed by atoms with Crippen LogP contribution in [0.5, 0.6) is 0 Å². The Hall–Kier alpha value is -1.43. The Balaban J connectivity index is 2.22. The molecule has 0 aromatic carbocycles. The number of carbonyl (C=O) groups excluding carboxylic acids is 2. The average Bonchev–Trinajstić information content (AvgIpc) is 2.67. The van der Waals surface area contributed by atoms with Crippen LogP contribution in [0.1, 0.15) is 5.76 Å². The van der Waals surface area contributed by atoms with E-state index in [-0.39, 0.29) is 18.2 Å². The van der Waals surface area contributed by atoms with Gasteiger partial charge in [0, 0.05) is 0 Å². The van der Waals surface area contributed by atoms with Gasteiger partial charge < -0.3 is 9.73 Å². The fourth-order valence-electron chi connectivity index (χ4n) is 0.919. The molecule has 0 radical (unpaired) electrons. The van der Waals surface area contributed by atoms with Gasteiger partial charge in [0.05, 0.1) is 18.6 Å². The summed E-state index contributed by atoms with van der Waals surface area (Å²) in [6.07, 6.45) is 3.31. The van der Waals surface area contributed by atoms with Crippen molar-refractivity contribution < 1.29 is 14.0 Å². The van der Waals surface area contributed by atoms with Crippen molar-refractivity contribution >= 4 is 23.7 Å². The summed E-state index contributed by atoms with van der Waals surface area (Å²) in [5.41, 5.74) is 0. The second kappa shape index (κ2) is 6.13. The largest absolute Gasteiger partial charge is 0.467 e. The predicted octanol–water partition coefficient (Wildman–Crippen LogP) is 0.968. The first kappa shape index (κ1) is 11.6. The van der Waals surface area contributed by atoms with Gasteiger partial charge in [-0.15, -0.1) is 0 Å². The lowest BCUT2D eigenvalue weighted by molar-refractivity contribution is -0.117. The van der Waals surface area contributed by atoms with E-state index in [4.69, 9.17) is 4.42 Å². The van der Waals surface area contributed by atoms with Crippen molar-refractivity contribution in [2.75, 3.05) is 12.0 Å². The standard InChI is InChI=1S/C9H12N2O3S/c1-15-6-8(12)11-9(13)10-5-7-3-2-4-14-7/h2-4H,5-6H2,1H3,(H2,10,11,12,13). The molecule has 1 aromatic heterocycles. The molecule has 3 amide bonds. The molecule has 0 atom stereocenters. The number of hydrogen-bond acceptors (Lipinski definition) is 4. The van der Waals surface area contributed by atoms with Crippen LogP contribution in [-0.4, -0.2) is 23.9 Å². The van der Waals surface area contributed by atoms with Crippen LogP contribution in [0.3, 0.4) is 0 Å². The molecule has 0 bridgehead atoms. The van der Waals surface area contributed by atoms with Crippen LogP contribution in [0.2, 0.25) is 0 Å². The zero-order valence-corrected chi connectivity index (χ0v) is 9.10. The third-order valence-electron chi connectivity index (χ3n) is 1.53. The van der Waals surface area contributed by atoms with Gasteiger partial charge in [-0.05, 0) is 18.4 Å². The summed E-state index contributed by atoms with van der Waals surface area (Å²) < 4.78 is 5.00. The first-order valence-electron chi connectivity index (χ1n) is 4.31. The zero-order chi connectivity index (χ0) is 11.1. The summed E-state index contributed by atoms with van der Waals surface area (Å²) in [6, 6.07) is 2.96. The van der Waals surface area contributed by atoms with Crippen LogP contribution in [0.25, 0.3) is 0 Å². The second-order valence-corrected chi connectivity index (χ2v) is 3.61. The highest BCUT2D eigenvalue weighted by Crippen LogP contribution is 1.98. The van der Waals surface area contributed by atoms with Crippen LogP contribution >= 0.6 is 11.8 Å². The Morgan fingerprint density at radius 3 is 2.93 bits per heavy atom. The maximum absolute atomic E-state index is 11.1. The summed E-state index contributed by atoms with van der Waals surface area (Å²) in [4.78, 5) is 22.1. The molecule has 2 N–H and O–H groups in total. The quantitative estimate of drug-likeness (QED) is 0.805. The molecule has 82 valence electrons. The molecule has 6 heteroatoms. The number of nitrogens with one attached hydrogen (secondary N) is 2. The molecule has 15 heavy (non-hydrogen) atoms. The Morgan fingerprint density at radius 2 is 2.33 bits per heavy atom. The fourth-order valence-corrected chi connectivity index (χ4v) is 1.25. The monoisotopic (exact) mass is 228 g/mol. The van der Waals surface area contributed by atoms with Crippen molar-refractivity contribution in [3.05, 3.63) is 24.2 Å². The number of rotatable bonds is 4. The van der Waals surface area contributed by atoms with Gasteiger partial charge in [-0.25, -0.2) is 4.79 Å². The number of imide groups is 1. The van der Waals surface area contributed by atoms with Crippen molar-refractivity contribution in [1.29, 1.82) is 0 Å². The van der Waals surface area contributed by atoms with Crippen molar-refractivity contribution in [2.24, 2.45) is 0 Å². The van der Waals surface area contributed by atoms with E-state index in [2.05, 4.69) is 10.6 Å². The summed E-state index contributed by atoms with van der Waals surface area (Å²) in [7, 11) is 0. The molecule has 0 saturated carbocycles. The average molecular weight is 228 g/mol. The molecule has 0 unspecified atom stereocenters. The molecule has 1 heterocycles. The SMILES string of the molecule is CSCC(=O)NC(=O)NCc1ccco1. The van der Waals surface area contributed by atoms with Crippen molar-refractivity contribution in [3.8, 4) is 0 Å². The van der Waals surface area contributed by atoms with Crippen LogP contribution in [-0.2, 0) is 11.3 Å². The minimum absolute atomic E-state index is 0.269. The lowest BCUT2D eigenvalue weighted by Crippen LogP contribution is -2.39. The summed E-state index contributed by atoms with van der Waals surface area (Å²) in [5.74, 6) is 0.607. The minimum atomic E-state index is -0.509. The Bertz CT molecular complexity index is 324. The number of thioether (sulfide) groups is 1. The van der Waals surface area contributed by atoms with Gasteiger partial charge in [-0.1, -0.05) is 0 Å². The Kier molecular flexibility index (Phi) is 4.76. The van der Waals surface area contributed by atoms with Gasteiger partial charge in [-0.3, -0.25) is 10.1 Å². The molecule has 0 aliphatic rings. The zero-order valence-electron chi connectivity index (χ0n) is 8.28. The number of furan rings is 1. The molecule has 1 aromatic rings. The third-order valence-corrected chi connectivity index (χ3v) is 2.08. The highest BCUT2D eigenvalue weighted by Gasteiger charge is 2.06. The fraction of sp³-hybridized carbons (Fsp3) is 0.333. The molecule has 0 fully saturated rings. The van der Waals surface area contributed by atoms with E-state index in [1.807, 2.05) is 0 Å². The number of amides is 3. The summed E-state index contributed by atoms with van der Waals surface area (Å²) in [6.45, 7) is 0.269. The second-order valence-electron chi connectivity index (χ2n) is 2.74. The summed E-state index contributed by atoms with van der Waals surface area (Å²) >= 11 is 1.36. The van der Waals surface area contributed by atoms with Crippen LogP contribution in [0.15, 0.2) is 22.8 Å². The van der Waals surface area contributed by atoms with Crippen LogP contribution in [0.4, 0.5) is 4.79 Å². The summed E-state index contributed by atoms with van der Waals surface area (Å²) in [5, 5.41) is 4.69. The van der Waals surface area contributed by atoms with Gasteiger partial charge in [0.25, 0.3) is 0 Å². The number of hydrogen-bond donors (Lipinski definition) is 2. The van der Waals surface area contributed by atoms with E-state index in [9.17, 15) is 9.59 Å². The number of urea groups is 1. The molecule has 0 spiro atoms. The first-order valence-corrected chi connectivity index (χ1v) is 5.70. The maximum atomic E-state index is 11.1. The molecule has 0 saturated heterocycles. The molecule has 0 aliphatic heterocycles. The smallest absolute Gasteiger partial charge is 0.321 e. The van der Waals surface area contributed by atoms with E-state index in [1.165, 1.54) is 18.0 Å². The van der Waals surface area contributed by atoms with Gasteiger partial charge in [0.15, 0.2) is 0 Å². The van der Waals surface area contributed by atoms with Gasteiger partial charge in [0.2, 0.25) is 5.91 Å². The topological polar surface area (TPSA) is 71.3 Å². The van der Waals surface area contributed by atoms with E-state index in [0.29, 0.717) is 5.76 Å². The van der Waals surface area contributed by atoms with Crippen LogP contribution in [0, 0.1) is 0 Å². The van der Waals surface area contributed by atoms with E-state index in [1.54, 1.807) is 18.4 Å². The lowest BCUT2D eigenvalue weighted by atomic mass is 10.4. The highest BCUT2D eigenvalue weighted by molar-refractivity contribution is 7.99. The van der Waals surface area contributed by atoms with E-state index in [0.717, 1.165) is 0 Å². The van der Waals surface area contributed by atoms with E-state index < -0.39 is 6.03 Å². The first-order chi connectivity index (χ1) is 7.22.